The molecule has 0 aliphatic carbocycles. The van der Waals surface area contributed by atoms with Crippen LogP contribution in [-0.4, -0.2) is 33.6 Å². The number of aryl methyl sites for hydroxylation is 1. The third-order valence-corrected chi connectivity index (χ3v) is 1.90. The molecule has 84 valence electrons. The predicted molar refractivity (Wildman–Crippen MR) is 54.0 cm³/mol. The monoisotopic (exact) mass is 213 g/mol. The minimum absolute atomic E-state index is 0.0525. The molecular formula is C9H15N3O3. The Labute approximate surface area is 87.6 Å². The second-order valence-corrected chi connectivity index (χ2v) is 3.16. The van der Waals surface area contributed by atoms with E-state index in [1.807, 2.05) is 0 Å². The van der Waals surface area contributed by atoms with E-state index in [9.17, 15) is 9.90 Å². The fourth-order valence-corrected chi connectivity index (χ4v) is 1.12. The molecule has 6 heteroatoms. The average molecular weight is 213 g/mol. The molecular weight excluding hydrogens is 198 g/mol. The number of nitrogens with zero attached hydrogens (tertiary/aromatic N) is 2. The molecule has 1 unspecified atom stereocenters. The van der Waals surface area contributed by atoms with Gasteiger partial charge in [0.05, 0.1) is 24.5 Å². The van der Waals surface area contributed by atoms with Gasteiger partial charge in [0, 0.05) is 6.20 Å². The number of nitrogen functional groups attached to an aromatic ring is 1. The van der Waals surface area contributed by atoms with Gasteiger partial charge in [0.2, 0.25) is 0 Å². The minimum atomic E-state index is -1.20. The SMILES string of the molecule is CCOC(=O)C(O)Cn1cc(N)c(C)n1. The third kappa shape index (κ3) is 2.95. The zero-order valence-electron chi connectivity index (χ0n) is 8.80. The van der Waals surface area contributed by atoms with Crippen LogP contribution in [0.3, 0.4) is 0 Å². The number of hydrogen-bond acceptors (Lipinski definition) is 5. The zero-order valence-corrected chi connectivity index (χ0v) is 8.80. The highest BCUT2D eigenvalue weighted by Crippen LogP contribution is 2.07. The number of esters is 1. The molecule has 15 heavy (non-hydrogen) atoms. The number of ether oxygens (including phenoxy) is 1. The number of aliphatic hydroxyl groups is 1. The van der Waals surface area contributed by atoms with Gasteiger partial charge in [0.25, 0.3) is 0 Å². The van der Waals surface area contributed by atoms with E-state index in [-0.39, 0.29) is 13.2 Å². The van der Waals surface area contributed by atoms with Gasteiger partial charge in [-0.05, 0) is 13.8 Å². The summed E-state index contributed by atoms with van der Waals surface area (Å²) >= 11 is 0. The number of carbonyl (C=O) groups is 1. The normalized spacial score (nSPS) is 12.5. The van der Waals surface area contributed by atoms with E-state index in [4.69, 9.17) is 5.73 Å². The lowest BCUT2D eigenvalue weighted by molar-refractivity contribution is -0.153. The Bertz CT molecular complexity index is 329. The molecule has 0 aliphatic heterocycles. The van der Waals surface area contributed by atoms with Gasteiger partial charge in [-0.2, -0.15) is 5.10 Å². The molecule has 0 saturated carbocycles. The Morgan fingerprint density at radius 2 is 2.47 bits per heavy atom. The minimum Gasteiger partial charge on any atom is -0.464 e. The summed E-state index contributed by atoms with van der Waals surface area (Å²) in [5, 5.41) is 13.4. The smallest absolute Gasteiger partial charge is 0.336 e. The molecule has 1 aromatic rings. The van der Waals surface area contributed by atoms with Gasteiger partial charge in [-0.15, -0.1) is 0 Å². The number of aliphatic hydroxyl groups excluding tert-OH is 1. The van der Waals surface area contributed by atoms with Gasteiger partial charge in [-0.25, -0.2) is 4.79 Å². The molecule has 1 rings (SSSR count). The molecule has 0 amide bonds. The molecule has 0 saturated heterocycles. The number of aromatic nitrogens is 2. The molecule has 0 bridgehead atoms. The quantitative estimate of drug-likeness (QED) is 0.670. The maximum atomic E-state index is 11.1. The highest BCUT2D eigenvalue weighted by atomic mass is 16.5. The first kappa shape index (κ1) is 11.5. The first-order chi connectivity index (χ1) is 7.04. The summed E-state index contributed by atoms with van der Waals surface area (Å²) in [6.07, 6.45) is 0.362. The van der Waals surface area contributed by atoms with Crippen LogP contribution in [0.4, 0.5) is 5.69 Å². The fourth-order valence-electron chi connectivity index (χ4n) is 1.12. The zero-order chi connectivity index (χ0) is 11.4. The number of nitrogens with two attached hydrogens (primary N) is 1. The van der Waals surface area contributed by atoms with E-state index in [0.29, 0.717) is 11.4 Å². The van der Waals surface area contributed by atoms with Crippen molar-refractivity contribution in [3.05, 3.63) is 11.9 Å². The number of rotatable bonds is 4. The van der Waals surface area contributed by atoms with E-state index in [0.717, 1.165) is 0 Å². The van der Waals surface area contributed by atoms with Crippen molar-refractivity contribution in [3.63, 3.8) is 0 Å². The van der Waals surface area contributed by atoms with Crippen molar-refractivity contribution in [1.82, 2.24) is 9.78 Å². The maximum Gasteiger partial charge on any atom is 0.336 e. The van der Waals surface area contributed by atoms with Crippen LogP contribution in [0, 0.1) is 6.92 Å². The van der Waals surface area contributed by atoms with Crippen molar-refractivity contribution in [3.8, 4) is 0 Å². The van der Waals surface area contributed by atoms with Gasteiger partial charge < -0.3 is 15.6 Å². The first-order valence-electron chi connectivity index (χ1n) is 4.68. The highest BCUT2D eigenvalue weighted by molar-refractivity contribution is 5.74. The molecule has 1 atom stereocenters. The Balaban J connectivity index is 2.58. The van der Waals surface area contributed by atoms with Crippen LogP contribution >= 0.6 is 0 Å². The summed E-state index contributed by atoms with van der Waals surface area (Å²) < 4.78 is 6.07. The van der Waals surface area contributed by atoms with Crippen LogP contribution in [0.1, 0.15) is 12.6 Å². The van der Waals surface area contributed by atoms with Crippen molar-refractivity contribution < 1.29 is 14.6 Å². The van der Waals surface area contributed by atoms with Crippen LogP contribution in [-0.2, 0) is 16.1 Å². The second-order valence-electron chi connectivity index (χ2n) is 3.16. The Morgan fingerprint density at radius 3 is 2.93 bits per heavy atom. The average Bonchev–Trinajstić information content (AvgIpc) is 2.46. The van der Waals surface area contributed by atoms with Crippen molar-refractivity contribution in [2.24, 2.45) is 0 Å². The molecule has 3 N–H and O–H groups in total. The molecule has 0 radical (unpaired) electrons. The van der Waals surface area contributed by atoms with Gasteiger partial charge in [-0.3, -0.25) is 4.68 Å². The van der Waals surface area contributed by atoms with Crippen molar-refractivity contribution in [2.75, 3.05) is 12.3 Å². The van der Waals surface area contributed by atoms with Gasteiger partial charge in [0.1, 0.15) is 0 Å². The summed E-state index contributed by atoms with van der Waals surface area (Å²) in [7, 11) is 0. The molecule has 0 spiro atoms. The van der Waals surface area contributed by atoms with Crippen LogP contribution in [0.2, 0.25) is 0 Å². The summed E-state index contributed by atoms with van der Waals surface area (Å²) in [6.45, 7) is 3.73. The standard InChI is InChI=1S/C9H15N3O3/c1-3-15-9(14)8(13)5-12-4-7(10)6(2)11-12/h4,8,13H,3,5,10H2,1-2H3. The number of anilines is 1. The lowest BCUT2D eigenvalue weighted by Gasteiger charge is -2.09. The Kier molecular flexibility index (Phi) is 3.68. The van der Waals surface area contributed by atoms with E-state index in [1.54, 1.807) is 20.0 Å². The van der Waals surface area contributed by atoms with E-state index in [1.165, 1.54) is 4.68 Å². The fraction of sp³-hybridized carbons (Fsp3) is 0.556. The predicted octanol–water partition coefficient (Wildman–Crippen LogP) is -0.302. The Morgan fingerprint density at radius 1 is 1.80 bits per heavy atom. The second kappa shape index (κ2) is 4.79. The van der Waals surface area contributed by atoms with Crippen molar-refractivity contribution in [1.29, 1.82) is 0 Å². The van der Waals surface area contributed by atoms with Gasteiger partial charge >= 0.3 is 5.97 Å². The molecule has 0 aliphatic rings. The van der Waals surface area contributed by atoms with E-state index in [2.05, 4.69) is 9.84 Å². The van der Waals surface area contributed by atoms with Crippen molar-refractivity contribution in [2.45, 2.75) is 26.5 Å². The summed E-state index contributed by atoms with van der Waals surface area (Å²) in [5.74, 6) is -0.649. The van der Waals surface area contributed by atoms with Crippen LogP contribution in [0.5, 0.6) is 0 Å². The Hall–Kier alpha value is -1.56. The molecule has 1 aromatic heterocycles. The van der Waals surface area contributed by atoms with E-state index < -0.39 is 12.1 Å². The van der Waals surface area contributed by atoms with Gasteiger partial charge in [0.15, 0.2) is 6.10 Å². The number of hydrogen-bond donors (Lipinski definition) is 2. The largest absolute Gasteiger partial charge is 0.464 e. The summed E-state index contributed by atoms with van der Waals surface area (Å²) in [4.78, 5) is 11.1. The summed E-state index contributed by atoms with van der Waals surface area (Å²) in [5.41, 5.74) is 6.78. The highest BCUT2D eigenvalue weighted by Gasteiger charge is 2.17. The lowest BCUT2D eigenvalue weighted by atomic mass is 10.3. The topological polar surface area (TPSA) is 90.4 Å². The molecule has 6 nitrogen and oxygen atoms in total. The number of carbonyl (C=O) groups excluding carboxylic acids is 1. The third-order valence-electron chi connectivity index (χ3n) is 1.90. The van der Waals surface area contributed by atoms with Crippen LogP contribution in [0.15, 0.2) is 6.20 Å². The first-order valence-corrected chi connectivity index (χ1v) is 4.68. The van der Waals surface area contributed by atoms with Crippen LogP contribution < -0.4 is 5.73 Å². The lowest BCUT2D eigenvalue weighted by Crippen LogP contribution is -2.28. The van der Waals surface area contributed by atoms with Gasteiger partial charge in [-0.1, -0.05) is 0 Å². The molecule has 0 fully saturated rings. The van der Waals surface area contributed by atoms with E-state index >= 15 is 0 Å². The molecule has 0 aromatic carbocycles. The van der Waals surface area contributed by atoms with Crippen LogP contribution in [0.25, 0.3) is 0 Å². The summed E-state index contributed by atoms with van der Waals surface area (Å²) in [6, 6.07) is 0. The van der Waals surface area contributed by atoms with Crippen molar-refractivity contribution >= 4 is 11.7 Å². The molecule has 1 heterocycles. The maximum absolute atomic E-state index is 11.1.